The molecular formula is C14H21BrN4O2. The lowest BCUT2D eigenvalue weighted by atomic mass is 10.0. The second-order valence-corrected chi connectivity index (χ2v) is 5.94. The van der Waals surface area contributed by atoms with Crippen LogP contribution in [0.5, 0.6) is 0 Å². The zero-order valence-electron chi connectivity index (χ0n) is 12.8. The Balaban J connectivity index is 2.24. The number of hydrogen-bond donors (Lipinski definition) is 1. The third-order valence-corrected chi connectivity index (χ3v) is 4.32. The van der Waals surface area contributed by atoms with Crippen molar-refractivity contribution < 1.29 is 9.84 Å². The highest BCUT2D eigenvalue weighted by molar-refractivity contribution is 9.10. The molecule has 7 heteroatoms. The van der Waals surface area contributed by atoms with Gasteiger partial charge in [-0.2, -0.15) is 10.2 Å². The predicted octanol–water partition coefficient (Wildman–Crippen LogP) is 1.92. The van der Waals surface area contributed by atoms with Crippen LogP contribution in [-0.4, -0.2) is 38.4 Å². The van der Waals surface area contributed by atoms with Crippen molar-refractivity contribution in [2.45, 2.75) is 32.9 Å². The van der Waals surface area contributed by atoms with E-state index in [9.17, 15) is 5.11 Å². The maximum absolute atomic E-state index is 10.6. The summed E-state index contributed by atoms with van der Waals surface area (Å²) in [6.07, 6.45) is 1.58. The molecule has 116 valence electrons. The van der Waals surface area contributed by atoms with Gasteiger partial charge in [0.25, 0.3) is 0 Å². The summed E-state index contributed by atoms with van der Waals surface area (Å²) < 4.78 is 9.51. The normalized spacial score (nSPS) is 12.9. The summed E-state index contributed by atoms with van der Waals surface area (Å²) in [5, 5.41) is 19.3. The lowest BCUT2D eigenvalue weighted by molar-refractivity contribution is 0.152. The van der Waals surface area contributed by atoms with Crippen molar-refractivity contribution in [3.05, 3.63) is 33.3 Å². The predicted molar refractivity (Wildman–Crippen MR) is 83.1 cm³/mol. The zero-order chi connectivity index (χ0) is 15.6. The molecule has 21 heavy (non-hydrogen) atoms. The minimum Gasteiger partial charge on any atom is -0.386 e. The highest BCUT2D eigenvalue weighted by Crippen LogP contribution is 2.27. The number of aromatic nitrogens is 4. The van der Waals surface area contributed by atoms with Crippen LogP contribution in [0.4, 0.5) is 0 Å². The molecular weight excluding hydrogens is 336 g/mol. The van der Waals surface area contributed by atoms with Crippen molar-refractivity contribution in [3.8, 4) is 0 Å². The molecule has 0 radical (unpaired) electrons. The molecule has 0 aliphatic rings. The van der Waals surface area contributed by atoms with E-state index in [0.29, 0.717) is 19.6 Å². The number of methoxy groups -OCH3 is 1. The SMILES string of the molecule is COCCn1ncc(Br)c1C(O)Cc1c(C)nn(C)c1C. The van der Waals surface area contributed by atoms with Gasteiger partial charge in [-0.1, -0.05) is 0 Å². The van der Waals surface area contributed by atoms with Crippen LogP contribution in [0.25, 0.3) is 0 Å². The lowest BCUT2D eigenvalue weighted by Crippen LogP contribution is -2.14. The Morgan fingerprint density at radius 3 is 2.71 bits per heavy atom. The van der Waals surface area contributed by atoms with Crippen molar-refractivity contribution in [1.29, 1.82) is 0 Å². The number of aliphatic hydroxyl groups is 1. The summed E-state index contributed by atoms with van der Waals surface area (Å²) in [5.41, 5.74) is 3.88. The van der Waals surface area contributed by atoms with E-state index in [1.807, 2.05) is 25.6 Å². The summed E-state index contributed by atoms with van der Waals surface area (Å²) in [6.45, 7) is 5.14. The summed E-state index contributed by atoms with van der Waals surface area (Å²) in [4.78, 5) is 0. The zero-order valence-corrected chi connectivity index (χ0v) is 14.4. The Kier molecular flexibility index (Phi) is 5.18. The molecule has 0 bridgehead atoms. The molecule has 0 saturated heterocycles. The van der Waals surface area contributed by atoms with Crippen LogP contribution in [0.15, 0.2) is 10.7 Å². The smallest absolute Gasteiger partial charge is 0.101 e. The van der Waals surface area contributed by atoms with Crippen LogP contribution in [0.1, 0.15) is 28.7 Å². The van der Waals surface area contributed by atoms with E-state index >= 15 is 0 Å². The molecule has 6 nitrogen and oxygen atoms in total. The molecule has 0 saturated carbocycles. The van der Waals surface area contributed by atoms with Crippen LogP contribution in [0.3, 0.4) is 0 Å². The van der Waals surface area contributed by atoms with Crippen molar-refractivity contribution in [3.63, 3.8) is 0 Å². The molecule has 2 aromatic heterocycles. The fraction of sp³-hybridized carbons (Fsp3) is 0.571. The maximum atomic E-state index is 10.6. The third-order valence-electron chi connectivity index (χ3n) is 3.71. The summed E-state index contributed by atoms with van der Waals surface area (Å²) in [5.74, 6) is 0. The van der Waals surface area contributed by atoms with Crippen molar-refractivity contribution >= 4 is 15.9 Å². The van der Waals surface area contributed by atoms with Crippen LogP contribution in [0, 0.1) is 13.8 Å². The molecule has 1 unspecified atom stereocenters. The molecule has 0 aliphatic heterocycles. The second-order valence-electron chi connectivity index (χ2n) is 5.09. The molecule has 1 atom stereocenters. The average molecular weight is 357 g/mol. The van der Waals surface area contributed by atoms with Gasteiger partial charge in [0.1, 0.15) is 6.10 Å². The fourth-order valence-electron chi connectivity index (χ4n) is 2.46. The Labute approximate surface area is 132 Å². The summed E-state index contributed by atoms with van der Waals surface area (Å²) >= 11 is 3.46. The van der Waals surface area contributed by atoms with Gasteiger partial charge in [0.2, 0.25) is 0 Å². The van der Waals surface area contributed by atoms with Gasteiger partial charge in [0.05, 0.1) is 35.2 Å². The van der Waals surface area contributed by atoms with Crippen LogP contribution < -0.4 is 0 Å². The van der Waals surface area contributed by atoms with Gasteiger partial charge in [-0.3, -0.25) is 9.36 Å². The number of nitrogens with zero attached hydrogens (tertiary/aromatic N) is 4. The number of rotatable bonds is 6. The van der Waals surface area contributed by atoms with Crippen LogP contribution in [-0.2, 0) is 24.8 Å². The average Bonchev–Trinajstić information content (AvgIpc) is 2.91. The van der Waals surface area contributed by atoms with Gasteiger partial charge in [0, 0.05) is 26.3 Å². The van der Waals surface area contributed by atoms with Crippen molar-refractivity contribution in [1.82, 2.24) is 19.6 Å². The molecule has 0 fully saturated rings. The van der Waals surface area contributed by atoms with E-state index in [1.165, 1.54) is 0 Å². The Morgan fingerprint density at radius 2 is 2.14 bits per heavy atom. The van der Waals surface area contributed by atoms with Gasteiger partial charge in [-0.15, -0.1) is 0 Å². The number of hydrogen-bond acceptors (Lipinski definition) is 4. The van der Waals surface area contributed by atoms with E-state index < -0.39 is 6.10 Å². The number of aliphatic hydroxyl groups excluding tert-OH is 1. The van der Waals surface area contributed by atoms with Gasteiger partial charge in [-0.25, -0.2) is 0 Å². The second kappa shape index (κ2) is 6.72. The standard InChI is InChI=1S/C14H21BrN4O2/c1-9-11(10(2)18(3)17-9)7-13(20)14-12(15)8-16-19(14)5-6-21-4/h8,13,20H,5-7H2,1-4H3. The number of aryl methyl sites for hydroxylation is 2. The number of ether oxygens (including phenoxy) is 1. The molecule has 2 heterocycles. The first-order valence-electron chi connectivity index (χ1n) is 6.83. The molecule has 0 spiro atoms. The molecule has 0 aliphatic carbocycles. The summed E-state index contributed by atoms with van der Waals surface area (Å²) in [7, 11) is 3.56. The monoisotopic (exact) mass is 356 g/mol. The Morgan fingerprint density at radius 1 is 1.43 bits per heavy atom. The topological polar surface area (TPSA) is 65.1 Å². The van der Waals surface area contributed by atoms with E-state index in [0.717, 1.165) is 27.1 Å². The minimum absolute atomic E-state index is 0.517. The Bertz CT molecular complexity index is 621. The van der Waals surface area contributed by atoms with Gasteiger partial charge < -0.3 is 9.84 Å². The quantitative estimate of drug-likeness (QED) is 0.858. The maximum Gasteiger partial charge on any atom is 0.101 e. The van der Waals surface area contributed by atoms with Crippen molar-refractivity contribution in [2.24, 2.45) is 7.05 Å². The third kappa shape index (κ3) is 3.36. The summed E-state index contributed by atoms with van der Waals surface area (Å²) in [6, 6.07) is 0. The highest BCUT2D eigenvalue weighted by Gasteiger charge is 2.21. The molecule has 0 aromatic carbocycles. The highest BCUT2D eigenvalue weighted by atomic mass is 79.9. The molecule has 2 rings (SSSR count). The van der Waals surface area contributed by atoms with E-state index in [-0.39, 0.29) is 0 Å². The molecule has 1 N–H and O–H groups in total. The Hall–Kier alpha value is -1.18. The van der Waals surface area contributed by atoms with Crippen LogP contribution >= 0.6 is 15.9 Å². The van der Waals surface area contributed by atoms with Crippen LogP contribution in [0.2, 0.25) is 0 Å². The van der Waals surface area contributed by atoms with E-state index in [1.54, 1.807) is 18.0 Å². The minimum atomic E-state index is -0.639. The molecule has 0 amide bonds. The van der Waals surface area contributed by atoms with Gasteiger partial charge in [0.15, 0.2) is 0 Å². The van der Waals surface area contributed by atoms with Crippen molar-refractivity contribution in [2.75, 3.05) is 13.7 Å². The van der Waals surface area contributed by atoms with E-state index in [2.05, 4.69) is 26.1 Å². The lowest BCUT2D eigenvalue weighted by Gasteiger charge is -2.14. The molecule has 2 aromatic rings. The van der Waals surface area contributed by atoms with Gasteiger partial charge in [-0.05, 0) is 35.3 Å². The largest absolute Gasteiger partial charge is 0.386 e. The number of halogens is 1. The first-order valence-corrected chi connectivity index (χ1v) is 7.62. The fourth-order valence-corrected chi connectivity index (χ4v) is 3.02. The first-order chi connectivity index (χ1) is 9.95. The van der Waals surface area contributed by atoms with E-state index in [4.69, 9.17) is 4.74 Å². The first kappa shape index (κ1) is 16.2. The van der Waals surface area contributed by atoms with Gasteiger partial charge >= 0.3 is 0 Å².